The van der Waals surface area contributed by atoms with Crippen LogP contribution in [0.15, 0.2) is 53.6 Å². The number of aliphatic hydroxyl groups is 1. The summed E-state index contributed by atoms with van der Waals surface area (Å²) in [6.45, 7) is 12.7. The molecule has 7 heteroatoms. The Morgan fingerprint density at radius 2 is 1.87 bits per heavy atom. The molecule has 3 fully saturated rings. The van der Waals surface area contributed by atoms with Gasteiger partial charge in [0.1, 0.15) is 6.10 Å². The summed E-state index contributed by atoms with van der Waals surface area (Å²) in [7, 11) is 1.68. The molecule has 1 aromatic rings. The van der Waals surface area contributed by atoms with Crippen molar-refractivity contribution in [3.05, 3.63) is 59.2 Å². The largest absolute Gasteiger partial charge is 0.438 e. The van der Waals surface area contributed by atoms with Gasteiger partial charge in [-0.3, -0.25) is 4.79 Å². The smallest absolute Gasteiger partial charge is 0.410 e. The van der Waals surface area contributed by atoms with Crippen LogP contribution in [0.4, 0.5) is 4.79 Å². The van der Waals surface area contributed by atoms with E-state index in [1.807, 2.05) is 63.3 Å². The molecule has 0 aromatic heterocycles. The second kappa shape index (κ2) is 8.51. The average Bonchev–Trinajstić information content (AvgIpc) is 3.37. The van der Waals surface area contributed by atoms with Crippen LogP contribution in [-0.4, -0.2) is 59.1 Å². The molecule has 39 heavy (non-hydrogen) atoms. The van der Waals surface area contributed by atoms with Crippen LogP contribution >= 0.6 is 0 Å². The van der Waals surface area contributed by atoms with Gasteiger partial charge in [0.2, 0.25) is 0 Å². The van der Waals surface area contributed by atoms with Gasteiger partial charge in [-0.15, -0.1) is 0 Å². The van der Waals surface area contributed by atoms with E-state index >= 15 is 0 Å². The van der Waals surface area contributed by atoms with Gasteiger partial charge in [0.05, 0.1) is 12.0 Å². The van der Waals surface area contributed by atoms with E-state index in [0.29, 0.717) is 18.0 Å². The minimum atomic E-state index is -1.81. The minimum Gasteiger partial charge on any atom is -0.438 e. The van der Waals surface area contributed by atoms with Gasteiger partial charge in [-0.05, 0) is 67.1 Å². The van der Waals surface area contributed by atoms with Crippen molar-refractivity contribution in [2.45, 2.75) is 78.1 Å². The third kappa shape index (κ3) is 3.65. The van der Waals surface area contributed by atoms with Crippen LogP contribution in [0.3, 0.4) is 0 Å². The van der Waals surface area contributed by atoms with Crippen molar-refractivity contribution in [1.29, 1.82) is 0 Å². The van der Waals surface area contributed by atoms with Crippen molar-refractivity contribution in [3.63, 3.8) is 0 Å². The normalized spacial score (nSPS) is 41.1. The van der Waals surface area contributed by atoms with Crippen LogP contribution in [0.5, 0.6) is 0 Å². The predicted octanol–water partition coefficient (Wildman–Crippen LogP) is 4.89. The topological polar surface area (TPSA) is 85.3 Å². The number of hydrogen-bond donors (Lipinski definition) is 1. The molecule has 1 heterocycles. The monoisotopic (exact) mass is 535 g/mol. The first-order chi connectivity index (χ1) is 18.2. The van der Waals surface area contributed by atoms with E-state index in [0.717, 1.165) is 17.6 Å². The maximum atomic E-state index is 14.8. The summed E-state index contributed by atoms with van der Waals surface area (Å²) in [6, 6.07) is 9.68. The zero-order valence-corrected chi connectivity index (χ0v) is 24.1. The Morgan fingerprint density at radius 3 is 2.56 bits per heavy atom. The molecular formula is C32H41NO6. The number of carbonyl (C=O) groups is 2. The van der Waals surface area contributed by atoms with E-state index in [1.165, 1.54) is 4.90 Å². The summed E-state index contributed by atoms with van der Waals surface area (Å²) < 4.78 is 18.7. The minimum absolute atomic E-state index is 0.00872. The first-order valence-electron chi connectivity index (χ1n) is 14.2. The van der Waals surface area contributed by atoms with Crippen LogP contribution in [0.1, 0.15) is 53.5 Å². The van der Waals surface area contributed by atoms with Gasteiger partial charge < -0.3 is 24.2 Å². The highest BCUT2D eigenvalue weighted by molar-refractivity contribution is 5.95. The van der Waals surface area contributed by atoms with E-state index in [1.54, 1.807) is 7.05 Å². The van der Waals surface area contributed by atoms with Crippen LogP contribution in [0, 0.1) is 34.5 Å². The van der Waals surface area contributed by atoms with E-state index in [9.17, 15) is 14.7 Å². The summed E-state index contributed by atoms with van der Waals surface area (Å²) in [5.74, 6) is -0.908. The zero-order chi connectivity index (χ0) is 28.1. The lowest BCUT2D eigenvalue weighted by molar-refractivity contribution is -0.303. The molecule has 0 radical (unpaired) electrons. The highest BCUT2D eigenvalue weighted by Gasteiger charge is 2.77. The number of nitrogens with zero attached hydrogens (tertiary/aromatic N) is 1. The van der Waals surface area contributed by atoms with Crippen LogP contribution < -0.4 is 0 Å². The molecule has 2 saturated carbocycles. The summed E-state index contributed by atoms with van der Waals surface area (Å²) in [4.78, 5) is 29.7. The molecule has 7 nitrogen and oxygen atoms in total. The molecule has 5 aliphatic rings. The molecule has 1 aliphatic heterocycles. The lowest BCUT2D eigenvalue weighted by atomic mass is 9.59. The number of ketones is 1. The fraction of sp³-hybridized carbons (Fsp3) is 0.625. The van der Waals surface area contributed by atoms with Crippen molar-refractivity contribution in [2.75, 3.05) is 13.7 Å². The molecule has 210 valence electrons. The molecule has 1 N–H and O–H groups in total. The van der Waals surface area contributed by atoms with Gasteiger partial charge in [-0.25, -0.2) is 4.79 Å². The van der Waals surface area contributed by atoms with Gasteiger partial charge in [-0.2, -0.15) is 0 Å². The molecule has 2 bridgehead atoms. The Balaban J connectivity index is 1.43. The van der Waals surface area contributed by atoms with Crippen molar-refractivity contribution in [1.82, 2.24) is 4.90 Å². The highest BCUT2D eigenvalue weighted by atomic mass is 16.7. The highest BCUT2D eigenvalue weighted by Crippen LogP contribution is 2.72. The number of fused-ring (bicyclic) bond motifs is 5. The Bertz CT molecular complexity index is 1270. The van der Waals surface area contributed by atoms with Gasteiger partial charge >= 0.3 is 6.09 Å². The summed E-state index contributed by atoms with van der Waals surface area (Å²) in [5.41, 5.74) is -0.595. The van der Waals surface area contributed by atoms with Crippen LogP contribution in [-0.2, 0) is 25.5 Å². The molecule has 4 aliphatic carbocycles. The lowest BCUT2D eigenvalue weighted by Gasteiger charge is -2.52. The fourth-order valence-corrected chi connectivity index (χ4v) is 8.41. The summed E-state index contributed by atoms with van der Waals surface area (Å²) >= 11 is 0. The molecule has 8 atom stereocenters. The van der Waals surface area contributed by atoms with Gasteiger partial charge in [-0.1, -0.05) is 63.3 Å². The molecule has 2 unspecified atom stereocenters. The van der Waals surface area contributed by atoms with Crippen molar-refractivity contribution in [3.8, 4) is 0 Å². The Labute approximate surface area is 231 Å². The van der Waals surface area contributed by atoms with E-state index in [4.69, 9.17) is 14.2 Å². The second-order valence-electron chi connectivity index (χ2n) is 13.6. The maximum absolute atomic E-state index is 14.8. The molecular weight excluding hydrogens is 494 g/mol. The van der Waals surface area contributed by atoms with E-state index in [-0.39, 0.29) is 35.6 Å². The Kier molecular flexibility index (Phi) is 5.83. The summed E-state index contributed by atoms with van der Waals surface area (Å²) in [6.07, 6.45) is 2.30. The van der Waals surface area contributed by atoms with Crippen LogP contribution in [0.25, 0.3) is 0 Å². The number of carbonyl (C=O) groups excluding carboxylic acids is 2. The second-order valence-corrected chi connectivity index (χ2v) is 13.6. The molecule has 1 saturated heterocycles. The number of allylic oxidation sites excluding steroid dienone is 1. The maximum Gasteiger partial charge on any atom is 0.410 e. The Hall–Kier alpha value is -2.48. The van der Waals surface area contributed by atoms with Crippen LogP contribution in [0.2, 0.25) is 0 Å². The van der Waals surface area contributed by atoms with E-state index in [2.05, 4.69) is 20.8 Å². The van der Waals surface area contributed by atoms with E-state index < -0.39 is 35.1 Å². The third-order valence-electron chi connectivity index (χ3n) is 10.5. The van der Waals surface area contributed by atoms with Crippen molar-refractivity contribution < 1.29 is 28.9 Å². The number of rotatable bonds is 3. The first-order valence-corrected chi connectivity index (χ1v) is 14.2. The molecule has 6 rings (SSSR count). The molecule has 1 aromatic carbocycles. The molecule has 1 spiro atoms. The summed E-state index contributed by atoms with van der Waals surface area (Å²) in [5, 5.41) is 13.1. The number of Topliss-reactive ketones (excluding diaryl/α,β-unsaturated/α-hetero) is 1. The number of benzene rings is 1. The SMILES string of the molecule is CC1=CC23C(=O)[C@@H](C=C4COC(C)(C)O[C@H]4[C@]2(O)[C@H]1OC(=O)N(C)Cc1ccccc1)[C@H]1[C@@H](CC3C)C1(C)C. The zero-order valence-electron chi connectivity index (χ0n) is 24.1. The quantitative estimate of drug-likeness (QED) is 0.555. The van der Waals surface area contributed by atoms with Crippen molar-refractivity contribution >= 4 is 11.9 Å². The first kappa shape index (κ1) is 26.7. The van der Waals surface area contributed by atoms with Crippen molar-refractivity contribution in [2.24, 2.45) is 34.5 Å². The Morgan fingerprint density at radius 1 is 1.18 bits per heavy atom. The average molecular weight is 536 g/mol. The standard InChI is InChI=1S/C32H41NO6/c1-18-15-31-19(2)13-23-24(29(23,3)4)22(25(31)34)14-21-17-37-30(5,6)39-27(21)32(31,36)26(18)38-28(35)33(7)16-20-11-9-8-10-12-20/h8-12,14-15,19,22-24,26-27,36H,13,16-17H2,1-7H3/t19?,22-,23+,24-,26-,27+,31?,32+/m0/s1. The molecule has 1 amide bonds. The van der Waals surface area contributed by atoms with Gasteiger partial charge in [0.15, 0.2) is 23.3 Å². The number of ether oxygens (including phenoxy) is 3. The fourth-order valence-electron chi connectivity index (χ4n) is 8.41. The van der Waals surface area contributed by atoms with Gasteiger partial charge in [0.25, 0.3) is 0 Å². The third-order valence-corrected chi connectivity index (χ3v) is 10.5. The number of hydrogen-bond acceptors (Lipinski definition) is 6. The number of amides is 1. The predicted molar refractivity (Wildman–Crippen MR) is 145 cm³/mol. The van der Waals surface area contributed by atoms with Gasteiger partial charge in [0, 0.05) is 19.5 Å². The lowest BCUT2D eigenvalue weighted by Crippen LogP contribution is -2.68.